The van der Waals surface area contributed by atoms with Crippen LogP contribution in [0.5, 0.6) is 5.75 Å². The molecule has 2 rings (SSSR count). The molecule has 2 aromatic carbocycles. The average Bonchev–Trinajstić information content (AvgIpc) is 2.53. The third kappa shape index (κ3) is 4.85. The van der Waals surface area contributed by atoms with Gasteiger partial charge in [-0.1, -0.05) is 57.2 Å². The van der Waals surface area contributed by atoms with Crippen molar-refractivity contribution in [3.8, 4) is 5.75 Å². The van der Waals surface area contributed by atoms with Gasteiger partial charge in [-0.2, -0.15) is 0 Å². The Balaban J connectivity index is 1.91. The lowest BCUT2D eigenvalue weighted by Gasteiger charge is -2.20. The van der Waals surface area contributed by atoms with E-state index in [-0.39, 0.29) is 11.3 Å². The third-order valence-corrected chi connectivity index (χ3v) is 4.12. The molecule has 0 fully saturated rings. The molecule has 0 saturated heterocycles. The second-order valence-corrected chi connectivity index (χ2v) is 7.18. The van der Waals surface area contributed by atoms with Gasteiger partial charge in [0.15, 0.2) is 6.10 Å². The number of carbonyl (C=O) groups is 1. The Kier molecular flexibility index (Phi) is 5.66. The number of hydrogen-bond donors (Lipinski definition) is 1. The van der Waals surface area contributed by atoms with E-state index in [1.807, 2.05) is 55.5 Å². The van der Waals surface area contributed by atoms with Crippen molar-refractivity contribution in [3.05, 3.63) is 65.2 Å². The van der Waals surface area contributed by atoms with Crippen LogP contribution in [0.3, 0.4) is 0 Å². The van der Waals surface area contributed by atoms with E-state index in [0.717, 1.165) is 5.56 Å². The van der Waals surface area contributed by atoms with E-state index >= 15 is 0 Å². The van der Waals surface area contributed by atoms with E-state index in [9.17, 15) is 4.79 Å². The van der Waals surface area contributed by atoms with E-state index in [2.05, 4.69) is 26.1 Å². The minimum absolute atomic E-state index is 0.106. The molecule has 0 heterocycles. The van der Waals surface area contributed by atoms with Gasteiger partial charge >= 0.3 is 0 Å². The maximum atomic E-state index is 12.2. The number of nitrogens with one attached hydrogen (secondary N) is 1. The SMILES string of the molecule is Cc1ccccc1CNC(=O)[C@H](C)Oc1ccc(C(C)(C)C)cc1. The van der Waals surface area contributed by atoms with Crippen molar-refractivity contribution < 1.29 is 9.53 Å². The van der Waals surface area contributed by atoms with Gasteiger partial charge in [0.1, 0.15) is 5.75 Å². The van der Waals surface area contributed by atoms with E-state index in [0.29, 0.717) is 12.3 Å². The lowest BCUT2D eigenvalue weighted by Crippen LogP contribution is -2.36. The monoisotopic (exact) mass is 325 g/mol. The summed E-state index contributed by atoms with van der Waals surface area (Å²) in [6.45, 7) is 10.8. The number of ether oxygens (including phenoxy) is 1. The Bertz CT molecular complexity index is 684. The first kappa shape index (κ1) is 18.1. The van der Waals surface area contributed by atoms with Crippen molar-refractivity contribution in [2.75, 3.05) is 0 Å². The highest BCUT2D eigenvalue weighted by Crippen LogP contribution is 2.24. The quantitative estimate of drug-likeness (QED) is 0.886. The summed E-state index contributed by atoms with van der Waals surface area (Å²) >= 11 is 0. The molecule has 0 aliphatic carbocycles. The van der Waals surface area contributed by atoms with Gasteiger partial charge in [0, 0.05) is 6.54 Å². The van der Waals surface area contributed by atoms with Crippen molar-refractivity contribution in [3.63, 3.8) is 0 Å². The van der Waals surface area contributed by atoms with Crippen molar-refractivity contribution in [1.29, 1.82) is 0 Å². The molecule has 1 amide bonds. The van der Waals surface area contributed by atoms with Crippen LogP contribution in [0.4, 0.5) is 0 Å². The number of hydrogen-bond acceptors (Lipinski definition) is 2. The first-order valence-electron chi connectivity index (χ1n) is 8.37. The smallest absolute Gasteiger partial charge is 0.261 e. The van der Waals surface area contributed by atoms with Gasteiger partial charge in [-0.05, 0) is 48.1 Å². The van der Waals surface area contributed by atoms with E-state index < -0.39 is 6.10 Å². The minimum Gasteiger partial charge on any atom is -0.481 e. The zero-order valence-corrected chi connectivity index (χ0v) is 15.2. The molecule has 0 bridgehead atoms. The van der Waals surface area contributed by atoms with Crippen LogP contribution in [0.25, 0.3) is 0 Å². The summed E-state index contributed by atoms with van der Waals surface area (Å²) < 4.78 is 5.75. The van der Waals surface area contributed by atoms with Crippen molar-refractivity contribution in [2.24, 2.45) is 0 Å². The maximum Gasteiger partial charge on any atom is 0.261 e. The molecule has 1 N–H and O–H groups in total. The molecule has 3 heteroatoms. The highest BCUT2D eigenvalue weighted by atomic mass is 16.5. The minimum atomic E-state index is -0.533. The Morgan fingerprint density at radius 1 is 1.08 bits per heavy atom. The molecule has 24 heavy (non-hydrogen) atoms. The highest BCUT2D eigenvalue weighted by molar-refractivity contribution is 5.80. The zero-order valence-electron chi connectivity index (χ0n) is 15.2. The van der Waals surface area contributed by atoms with Crippen LogP contribution in [-0.2, 0) is 16.8 Å². The summed E-state index contributed by atoms with van der Waals surface area (Å²) in [6, 6.07) is 16.0. The second kappa shape index (κ2) is 7.52. The van der Waals surface area contributed by atoms with Crippen molar-refractivity contribution in [1.82, 2.24) is 5.32 Å². The van der Waals surface area contributed by atoms with Crippen LogP contribution in [0.15, 0.2) is 48.5 Å². The lowest BCUT2D eigenvalue weighted by atomic mass is 9.87. The Morgan fingerprint density at radius 3 is 2.29 bits per heavy atom. The molecule has 0 aliphatic rings. The predicted octanol–water partition coefficient (Wildman–Crippen LogP) is 4.38. The molecular formula is C21H27NO2. The standard InChI is InChI=1S/C21H27NO2/c1-15-8-6-7-9-17(15)14-22-20(23)16(2)24-19-12-10-18(11-13-19)21(3,4)5/h6-13,16H,14H2,1-5H3,(H,22,23)/t16-/m0/s1. The van der Waals surface area contributed by atoms with Gasteiger partial charge in [-0.25, -0.2) is 0 Å². The van der Waals surface area contributed by atoms with E-state index in [1.165, 1.54) is 11.1 Å². The summed E-state index contributed by atoms with van der Waals surface area (Å²) in [5.41, 5.74) is 3.64. The van der Waals surface area contributed by atoms with Crippen LogP contribution in [0, 0.1) is 6.92 Å². The first-order valence-corrected chi connectivity index (χ1v) is 8.37. The summed E-state index contributed by atoms with van der Waals surface area (Å²) in [4.78, 5) is 12.2. The zero-order chi connectivity index (χ0) is 17.7. The van der Waals surface area contributed by atoms with Crippen molar-refractivity contribution >= 4 is 5.91 Å². The molecule has 0 saturated carbocycles. The number of aryl methyl sites for hydroxylation is 1. The number of carbonyl (C=O) groups excluding carboxylic acids is 1. The van der Waals surface area contributed by atoms with Gasteiger partial charge in [0.2, 0.25) is 0 Å². The third-order valence-electron chi connectivity index (χ3n) is 4.12. The Hall–Kier alpha value is -2.29. The fraction of sp³-hybridized carbons (Fsp3) is 0.381. The largest absolute Gasteiger partial charge is 0.481 e. The molecule has 0 unspecified atom stereocenters. The van der Waals surface area contributed by atoms with Gasteiger partial charge in [-0.15, -0.1) is 0 Å². The second-order valence-electron chi connectivity index (χ2n) is 7.18. The molecule has 0 aliphatic heterocycles. The number of amides is 1. The van der Waals surface area contributed by atoms with E-state index in [1.54, 1.807) is 6.92 Å². The summed E-state index contributed by atoms with van der Waals surface area (Å²) in [7, 11) is 0. The molecule has 2 aromatic rings. The fourth-order valence-corrected chi connectivity index (χ4v) is 2.43. The predicted molar refractivity (Wildman–Crippen MR) is 98.3 cm³/mol. The maximum absolute atomic E-state index is 12.2. The van der Waals surface area contributed by atoms with Crippen LogP contribution in [0.1, 0.15) is 44.4 Å². The average molecular weight is 325 g/mol. The molecule has 0 spiro atoms. The van der Waals surface area contributed by atoms with Gasteiger partial charge in [0.25, 0.3) is 5.91 Å². The van der Waals surface area contributed by atoms with Crippen LogP contribution >= 0.6 is 0 Å². The molecular weight excluding hydrogens is 298 g/mol. The topological polar surface area (TPSA) is 38.3 Å². The molecule has 3 nitrogen and oxygen atoms in total. The first-order chi connectivity index (χ1) is 11.3. The molecule has 1 atom stereocenters. The lowest BCUT2D eigenvalue weighted by molar-refractivity contribution is -0.127. The summed E-state index contributed by atoms with van der Waals surface area (Å²) in [6.07, 6.45) is -0.533. The van der Waals surface area contributed by atoms with Gasteiger partial charge in [0.05, 0.1) is 0 Å². The van der Waals surface area contributed by atoms with Gasteiger partial charge < -0.3 is 10.1 Å². The van der Waals surface area contributed by atoms with Crippen LogP contribution in [0.2, 0.25) is 0 Å². The number of rotatable bonds is 5. The van der Waals surface area contributed by atoms with Crippen molar-refractivity contribution in [2.45, 2.75) is 52.7 Å². The summed E-state index contributed by atoms with van der Waals surface area (Å²) in [5.74, 6) is 0.597. The van der Waals surface area contributed by atoms with Crippen LogP contribution < -0.4 is 10.1 Å². The van der Waals surface area contributed by atoms with Gasteiger partial charge in [-0.3, -0.25) is 4.79 Å². The molecule has 128 valence electrons. The normalized spacial score (nSPS) is 12.5. The highest BCUT2D eigenvalue weighted by Gasteiger charge is 2.16. The summed E-state index contributed by atoms with van der Waals surface area (Å²) in [5, 5.41) is 2.93. The van der Waals surface area contributed by atoms with Crippen LogP contribution in [-0.4, -0.2) is 12.0 Å². The van der Waals surface area contributed by atoms with E-state index in [4.69, 9.17) is 4.74 Å². The Labute approximate surface area is 145 Å². The fourth-order valence-electron chi connectivity index (χ4n) is 2.43. The molecule has 0 aromatic heterocycles. The molecule has 0 radical (unpaired) electrons. The Morgan fingerprint density at radius 2 is 1.71 bits per heavy atom. The number of benzene rings is 2.